The van der Waals surface area contributed by atoms with Crippen molar-refractivity contribution >= 4 is 50.1 Å². The number of halogens is 1. The Kier molecular flexibility index (Phi) is 4.82. The fraction of sp³-hybridized carbons (Fsp3) is 0.167. The summed E-state index contributed by atoms with van der Waals surface area (Å²) in [5.74, 6) is 0. The Morgan fingerprint density at radius 2 is 1.94 bits per heavy atom. The van der Waals surface area contributed by atoms with Crippen molar-refractivity contribution in [2.24, 2.45) is 9.98 Å². The molecule has 0 bridgehead atoms. The van der Waals surface area contributed by atoms with Gasteiger partial charge in [-0.3, -0.25) is 19.6 Å². The summed E-state index contributed by atoms with van der Waals surface area (Å²) >= 11 is 3.47. The van der Waals surface area contributed by atoms with Gasteiger partial charge in [-0.25, -0.2) is 9.97 Å². The van der Waals surface area contributed by atoms with Crippen molar-refractivity contribution in [3.63, 3.8) is 0 Å². The molecule has 32 heavy (non-hydrogen) atoms. The molecule has 0 N–H and O–H groups in total. The van der Waals surface area contributed by atoms with Gasteiger partial charge in [-0.1, -0.05) is 28.1 Å². The van der Waals surface area contributed by atoms with Crippen LogP contribution in [0.15, 0.2) is 79.0 Å². The van der Waals surface area contributed by atoms with E-state index in [1.807, 2.05) is 42.5 Å². The van der Waals surface area contributed by atoms with Crippen molar-refractivity contribution in [3.8, 4) is 0 Å². The highest BCUT2D eigenvalue weighted by Crippen LogP contribution is 2.43. The lowest BCUT2D eigenvalue weighted by atomic mass is 9.77. The minimum atomic E-state index is -1.03. The maximum Gasteiger partial charge on any atom is 0.249 e. The molecule has 0 fully saturated rings. The number of anilines is 1. The molecule has 7 nitrogen and oxygen atoms in total. The Labute approximate surface area is 192 Å². The fourth-order valence-electron chi connectivity index (χ4n) is 4.22. The van der Waals surface area contributed by atoms with Crippen LogP contribution in [0.2, 0.25) is 0 Å². The maximum absolute atomic E-state index is 12.8. The van der Waals surface area contributed by atoms with Crippen LogP contribution < -0.4 is 15.8 Å². The molecule has 4 aromatic rings. The van der Waals surface area contributed by atoms with E-state index in [9.17, 15) is 9.59 Å². The summed E-state index contributed by atoms with van der Waals surface area (Å²) in [5.41, 5.74) is 1.87. The molecule has 3 aromatic carbocycles. The van der Waals surface area contributed by atoms with Crippen LogP contribution in [-0.2, 0) is 5.54 Å². The highest BCUT2D eigenvalue weighted by Gasteiger charge is 2.46. The van der Waals surface area contributed by atoms with E-state index in [1.54, 1.807) is 31.4 Å². The third-order valence-corrected chi connectivity index (χ3v) is 6.17. The molecule has 1 atom stereocenters. The number of hydrogen-bond acceptors (Lipinski definition) is 7. The van der Waals surface area contributed by atoms with Crippen LogP contribution in [0.5, 0.6) is 0 Å². The first-order valence-corrected chi connectivity index (χ1v) is 10.8. The lowest BCUT2D eigenvalue weighted by Crippen LogP contribution is -2.47. The van der Waals surface area contributed by atoms with Crippen LogP contribution in [-0.4, -0.2) is 36.0 Å². The van der Waals surface area contributed by atoms with Gasteiger partial charge in [0.15, 0.2) is 0 Å². The normalized spacial score (nSPS) is 19.3. The third kappa shape index (κ3) is 3.18. The van der Waals surface area contributed by atoms with Gasteiger partial charge in [-0.2, -0.15) is 0 Å². The van der Waals surface area contributed by atoms with Crippen LogP contribution >= 0.6 is 15.9 Å². The molecule has 2 heterocycles. The van der Waals surface area contributed by atoms with Crippen molar-refractivity contribution in [3.05, 3.63) is 91.0 Å². The summed E-state index contributed by atoms with van der Waals surface area (Å²) in [5, 5.41) is 0.835. The van der Waals surface area contributed by atoms with E-state index in [0.29, 0.717) is 17.7 Å². The van der Waals surface area contributed by atoms with Gasteiger partial charge < -0.3 is 4.90 Å². The van der Waals surface area contributed by atoms with Crippen LogP contribution in [0.4, 0.5) is 11.4 Å². The number of benzene rings is 2. The van der Waals surface area contributed by atoms with Gasteiger partial charge in [-0.15, -0.1) is 0 Å². The van der Waals surface area contributed by atoms with E-state index < -0.39 is 16.4 Å². The zero-order chi connectivity index (χ0) is 22.5. The van der Waals surface area contributed by atoms with Crippen molar-refractivity contribution < 1.29 is 0 Å². The molecule has 0 aliphatic carbocycles. The van der Waals surface area contributed by atoms with E-state index in [0.717, 1.165) is 32.3 Å². The minimum absolute atomic E-state index is 0.365. The molecule has 0 amide bonds. The van der Waals surface area contributed by atoms with Gasteiger partial charge in [0, 0.05) is 42.8 Å². The molecule has 5 rings (SSSR count). The van der Waals surface area contributed by atoms with E-state index in [4.69, 9.17) is 9.98 Å². The lowest BCUT2D eigenvalue weighted by Gasteiger charge is -2.32. The molecule has 1 aliphatic heterocycles. The average molecular weight is 488 g/mol. The van der Waals surface area contributed by atoms with E-state index in [2.05, 4.69) is 25.9 Å². The molecule has 0 radical (unpaired) electrons. The topological polar surface area (TPSA) is 87.9 Å². The zero-order valence-electron chi connectivity index (χ0n) is 17.4. The molecule has 1 aromatic heterocycles. The maximum atomic E-state index is 12.8. The van der Waals surface area contributed by atoms with Crippen molar-refractivity contribution in [1.82, 2.24) is 9.97 Å². The number of nitrogens with zero attached hydrogens (tertiary/aromatic N) is 5. The predicted molar refractivity (Wildman–Crippen MR) is 130 cm³/mol. The minimum Gasteiger partial charge on any atom is -0.374 e. The molecule has 0 saturated carbocycles. The molecule has 1 aliphatic rings. The van der Waals surface area contributed by atoms with Crippen LogP contribution in [0.1, 0.15) is 17.5 Å². The standard InChI is InChI=1S/C24H18BrN5O2/c1-30(2)21-20(22(31)23(21)32)24(15-6-7-19-14(8-15)11-26-13-27-19)10-18(12-28-24)29-17-5-3-4-16(25)9-17/h3-9,11-13H,10H2,1-2H3. The van der Waals surface area contributed by atoms with Crippen LogP contribution in [0, 0.1) is 0 Å². The summed E-state index contributed by atoms with van der Waals surface area (Å²) in [6.07, 6.45) is 5.28. The summed E-state index contributed by atoms with van der Waals surface area (Å²) in [7, 11) is 3.52. The second-order valence-electron chi connectivity index (χ2n) is 7.95. The summed E-state index contributed by atoms with van der Waals surface area (Å²) < 4.78 is 0.924. The first kappa shape index (κ1) is 20.4. The molecule has 0 spiro atoms. The molecule has 8 heteroatoms. The highest BCUT2D eigenvalue weighted by atomic mass is 79.9. The quantitative estimate of drug-likeness (QED) is 0.410. The van der Waals surface area contributed by atoms with Crippen molar-refractivity contribution in [1.29, 1.82) is 0 Å². The first-order chi connectivity index (χ1) is 15.4. The third-order valence-electron chi connectivity index (χ3n) is 5.68. The first-order valence-electron chi connectivity index (χ1n) is 9.99. The van der Waals surface area contributed by atoms with E-state index in [-0.39, 0.29) is 0 Å². The highest BCUT2D eigenvalue weighted by molar-refractivity contribution is 9.10. The number of rotatable bonds is 4. The number of hydrogen-bond donors (Lipinski definition) is 0. The Morgan fingerprint density at radius 1 is 1.09 bits per heavy atom. The largest absolute Gasteiger partial charge is 0.374 e. The molecular weight excluding hydrogens is 470 g/mol. The Morgan fingerprint density at radius 3 is 2.72 bits per heavy atom. The van der Waals surface area contributed by atoms with E-state index >= 15 is 0 Å². The van der Waals surface area contributed by atoms with E-state index in [1.165, 1.54) is 6.33 Å². The van der Waals surface area contributed by atoms with Gasteiger partial charge in [0.25, 0.3) is 0 Å². The Hall–Kier alpha value is -3.52. The summed E-state index contributed by atoms with van der Waals surface area (Å²) in [6, 6.07) is 13.4. The summed E-state index contributed by atoms with van der Waals surface area (Å²) in [6.45, 7) is 0. The second-order valence-corrected chi connectivity index (χ2v) is 8.87. The average Bonchev–Trinajstić information content (AvgIpc) is 3.20. The predicted octanol–water partition coefficient (Wildman–Crippen LogP) is 3.55. The van der Waals surface area contributed by atoms with Crippen molar-refractivity contribution in [2.45, 2.75) is 12.0 Å². The Bertz CT molecular complexity index is 1500. The summed E-state index contributed by atoms with van der Waals surface area (Å²) in [4.78, 5) is 44.9. The molecule has 158 valence electrons. The van der Waals surface area contributed by atoms with Gasteiger partial charge in [0.2, 0.25) is 10.9 Å². The van der Waals surface area contributed by atoms with Gasteiger partial charge in [0.1, 0.15) is 11.9 Å². The Balaban J connectivity index is 1.69. The molecular formula is C24H18BrN5O2. The van der Waals surface area contributed by atoms with Crippen LogP contribution in [0.3, 0.4) is 0 Å². The fourth-order valence-corrected chi connectivity index (χ4v) is 4.61. The second kappa shape index (κ2) is 7.56. The van der Waals surface area contributed by atoms with Crippen molar-refractivity contribution in [2.75, 3.05) is 19.0 Å². The monoisotopic (exact) mass is 487 g/mol. The molecule has 0 saturated heterocycles. The SMILES string of the molecule is CN(C)c1c(C2(c3ccc4ncncc4c3)CC(=Nc3cccc(Br)c3)C=N2)c(=O)c1=O. The van der Waals surface area contributed by atoms with Gasteiger partial charge >= 0.3 is 0 Å². The zero-order valence-corrected chi connectivity index (χ0v) is 19.0. The molecule has 1 unspecified atom stereocenters. The van der Waals surface area contributed by atoms with Gasteiger partial charge in [-0.05, 0) is 35.9 Å². The number of aliphatic imine (C=N–C) groups is 2. The lowest BCUT2D eigenvalue weighted by molar-refractivity contribution is 0.574. The van der Waals surface area contributed by atoms with Gasteiger partial charge in [0.05, 0.1) is 28.2 Å². The number of aromatic nitrogens is 2. The number of fused-ring (bicyclic) bond motifs is 1. The smallest absolute Gasteiger partial charge is 0.249 e. The van der Waals surface area contributed by atoms with Crippen LogP contribution in [0.25, 0.3) is 10.9 Å².